The van der Waals surface area contributed by atoms with Gasteiger partial charge in [-0.1, -0.05) is 42.2 Å². The molecule has 1 aromatic carbocycles. The standard InChI is InChI=1S/C16H16N2/c17-12-4-8-15-9-5-13-18-16(15)11-10-14-6-2-1-3-7-14/h1-3,5-7,9,13H,10-12,17H2. The van der Waals surface area contributed by atoms with E-state index in [2.05, 4.69) is 41.1 Å². The molecule has 2 heteroatoms. The maximum atomic E-state index is 5.40. The Morgan fingerprint density at radius 1 is 1.00 bits per heavy atom. The van der Waals surface area contributed by atoms with Gasteiger partial charge in [0.15, 0.2) is 0 Å². The number of nitrogens with two attached hydrogens (primary N) is 1. The number of aryl methyl sites for hydroxylation is 2. The third-order valence-electron chi connectivity index (χ3n) is 2.71. The number of rotatable bonds is 3. The van der Waals surface area contributed by atoms with Crippen molar-refractivity contribution in [2.24, 2.45) is 5.73 Å². The molecule has 2 nitrogen and oxygen atoms in total. The summed E-state index contributed by atoms with van der Waals surface area (Å²) in [5.74, 6) is 5.95. The van der Waals surface area contributed by atoms with E-state index >= 15 is 0 Å². The van der Waals surface area contributed by atoms with Crippen LogP contribution in [0.25, 0.3) is 0 Å². The van der Waals surface area contributed by atoms with Gasteiger partial charge in [0.25, 0.3) is 0 Å². The third kappa shape index (κ3) is 3.44. The van der Waals surface area contributed by atoms with Crippen LogP contribution in [0.1, 0.15) is 16.8 Å². The van der Waals surface area contributed by atoms with E-state index in [-0.39, 0.29) is 0 Å². The number of pyridine rings is 1. The Labute approximate surface area is 108 Å². The van der Waals surface area contributed by atoms with Crippen molar-refractivity contribution in [2.45, 2.75) is 12.8 Å². The highest BCUT2D eigenvalue weighted by atomic mass is 14.7. The summed E-state index contributed by atoms with van der Waals surface area (Å²) in [6, 6.07) is 14.3. The van der Waals surface area contributed by atoms with E-state index in [1.165, 1.54) is 5.56 Å². The highest BCUT2D eigenvalue weighted by Crippen LogP contribution is 2.09. The zero-order valence-electron chi connectivity index (χ0n) is 10.3. The van der Waals surface area contributed by atoms with Crippen LogP contribution in [-0.4, -0.2) is 11.5 Å². The topological polar surface area (TPSA) is 38.9 Å². The minimum absolute atomic E-state index is 0.382. The van der Waals surface area contributed by atoms with Crippen molar-refractivity contribution in [1.82, 2.24) is 4.98 Å². The zero-order valence-corrected chi connectivity index (χ0v) is 10.3. The van der Waals surface area contributed by atoms with Crippen molar-refractivity contribution in [1.29, 1.82) is 0 Å². The van der Waals surface area contributed by atoms with Crippen LogP contribution in [0, 0.1) is 11.8 Å². The number of benzene rings is 1. The van der Waals surface area contributed by atoms with E-state index in [1.54, 1.807) is 0 Å². The van der Waals surface area contributed by atoms with Crippen molar-refractivity contribution in [2.75, 3.05) is 6.54 Å². The smallest absolute Gasteiger partial charge is 0.0563 e. The Morgan fingerprint density at radius 3 is 2.61 bits per heavy atom. The molecule has 0 aliphatic heterocycles. The molecule has 0 unspecified atom stereocenters. The van der Waals surface area contributed by atoms with Gasteiger partial charge in [-0.2, -0.15) is 0 Å². The fourth-order valence-electron chi connectivity index (χ4n) is 1.80. The molecule has 0 aliphatic carbocycles. The molecule has 1 heterocycles. The van der Waals surface area contributed by atoms with Crippen LogP contribution in [0.3, 0.4) is 0 Å². The van der Waals surface area contributed by atoms with E-state index in [1.807, 2.05) is 24.4 Å². The van der Waals surface area contributed by atoms with Gasteiger partial charge in [-0.15, -0.1) is 0 Å². The average Bonchev–Trinajstić information content (AvgIpc) is 2.45. The minimum Gasteiger partial charge on any atom is -0.320 e. The summed E-state index contributed by atoms with van der Waals surface area (Å²) in [6.45, 7) is 0.382. The molecular formula is C16H16N2. The molecular weight excluding hydrogens is 220 g/mol. The Morgan fingerprint density at radius 2 is 1.83 bits per heavy atom. The Bertz CT molecular complexity index is 550. The van der Waals surface area contributed by atoms with Crippen LogP contribution in [0.2, 0.25) is 0 Å². The summed E-state index contributed by atoms with van der Waals surface area (Å²) >= 11 is 0. The van der Waals surface area contributed by atoms with Crippen LogP contribution in [-0.2, 0) is 12.8 Å². The second kappa shape index (κ2) is 6.58. The molecule has 2 N–H and O–H groups in total. The van der Waals surface area contributed by atoms with Crippen LogP contribution in [0.15, 0.2) is 48.7 Å². The highest BCUT2D eigenvalue weighted by molar-refractivity contribution is 5.38. The second-order valence-corrected chi connectivity index (χ2v) is 3.99. The van der Waals surface area contributed by atoms with Crippen LogP contribution in [0.4, 0.5) is 0 Å². The molecule has 0 saturated carbocycles. The SMILES string of the molecule is NCC#Cc1cccnc1CCc1ccccc1. The van der Waals surface area contributed by atoms with E-state index in [9.17, 15) is 0 Å². The summed E-state index contributed by atoms with van der Waals surface area (Å²) in [4.78, 5) is 4.40. The lowest BCUT2D eigenvalue weighted by atomic mass is 10.0. The number of hydrogen-bond acceptors (Lipinski definition) is 2. The molecule has 0 saturated heterocycles. The Balaban J connectivity index is 2.09. The minimum atomic E-state index is 0.382. The maximum absolute atomic E-state index is 5.40. The Kier molecular flexibility index (Phi) is 4.52. The third-order valence-corrected chi connectivity index (χ3v) is 2.71. The number of nitrogens with zero attached hydrogens (tertiary/aromatic N) is 1. The largest absolute Gasteiger partial charge is 0.320 e. The van der Waals surface area contributed by atoms with E-state index < -0.39 is 0 Å². The first-order chi connectivity index (χ1) is 8.90. The molecule has 0 bridgehead atoms. The predicted octanol–water partition coefficient (Wildman–Crippen LogP) is 2.18. The van der Waals surface area contributed by atoms with Crippen molar-refractivity contribution >= 4 is 0 Å². The summed E-state index contributed by atoms with van der Waals surface area (Å²) in [7, 11) is 0. The zero-order chi connectivity index (χ0) is 12.6. The molecule has 2 rings (SSSR count). The second-order valence-electron chi connectivity index (χ2n) is 3.99. The summed E-state index contributed by atoms with van der Waals surface area (Å²) in [5, 5.41) is 0. The van der Waals surface area contributed by atoms with Gasteiger partial charge in [-0.3, -0.25) is 4.98 Å². The lowest BCUT2D eigenvalue weighted by molar-refractivity contribution is 0.909. The first-order valence-corrected chi connectivity index (χ1v) is 6.07. The highest BCUT2D eigenvalue weighted by Gasteiger charge is 2.01. The molecule has 0 amide bonds. The van der Waals surface area contributed by atoms with Crippen molar-refractivity contribution in [3.05, 3.63) is 65.5 Å². The lowest BCUT2D eigenvalue weighted by Crippen LogP contribution is -1.98. The normalized spacial score (nSPS) is 9.61. The monoisotopic (exact) mass is 236 g/mol. The molecule has 0 radical (unpaired) electrons. The quantitative estimate of drug-likeness (QED) is 0.830. The van der Waals surface area contributed by atoms with E-state index in [4.69, 9.17) is 5.73 Å². The average molecular weight is 236 g/mol. The molecule has 0 spiro atoms. The van der Waals surface area contributed by atoms with Crippen LogP contribution < -0.4 is 5.73 Å². The van der Waals surface area contributed by atoms with Gasteiger partial charge in [0.1, 0.15) is 0 Å². The fraction of sp³-hybridized carbons (Fsp3) is 0.188. The van der Waals surface area contributed by atoms with Gasteiger partial charge in [-0.25, -0.2) is 0 Å². The predicted molar refractivity (Wildman–Crippen MR) is 74.0 cm³/mol. The van der Waals surface area contributed by atoms with E-state index in [0.717, 1.165) is 24.1 Å². The lowest BCUT2D eigenvalue weighted by Gasteiger charge is -2.03. The van der Waals surface area contributed by atoms with Crippen LogP contribution >= 0.6 is 0 Å². The molecule has 1 aromatic heterocycles. The van der Waals surface area contributed by atoms with Gasteiger partial charge in [0, 0.05) is 11.8 Å². The summed E-state index contributed by atoms with van der Waals surface area (Å²) in [5.41, 5.74) is 8.75. The Hall–Kier alpha value is -2.11. The van der Waals surface area contributed by atoms with Crippen molar-refractivity contribution in [3.63, 3.8) is 0 Å². The molecule has 18 heavy (non-hydrogen) atoms. The van der Waals surface area contributed by atoms with Gasteiger partial charge in [-0.05, 0) is 30.5 Å². The molecule has 2 aromatic rings. The number of hydrogen-bond donors (Lipinski definition) is 1. The van der Waals surface area contributed by atoms with E-state index in [0.29, 0.717) is 6.54 Å². The fourth-order valence-corrected chi connectivity index (χ4v) is 1.80. The van der Waals surface area contributed by atoms with Crippen molar-refractivity contribution < 1.29 is 0 Å². The summed E-state index contributed by atoms with van der Waals surface area (Å²) in [6.07, 6.45) is 3.70. The number of aromatic nitrogens is 1. The molecule has 0 atom stereocenters. The van der Waals surface area contributed by atoms with Gasteiger partial charge >= 0.3 is 0 Å². The molecule has 0 fully saturated rings. The molecule has 0 aliphatic rings. The maximum Gasteiger partial charge on any atom is 0.0563 e. The van der Waals surface area contributed by atoms with Gasteiger partial charge in [0.05, 0.1) is 12.2 Å². The van der Waals surface area contributed by atoms with Crippen molar-refractivity contribution in [3.8, 4) is 11.8 Å². The van der Waals surface area contributed by atoms with Crippen LogP contribution in [0.5, 0.6) is 0 Å². The van der Waals surface area contributed by atoms with Gasteiger partial charge in [0.2, 0.25) is 0 Å². The summed E-state index contributed by atoms with van der Waals surface area (Å²) < 4.78 is 0. The van der Waals surface area contributed by atoms with Gasteiger partial charge < -0.3 is 5.73 Å². The first kappa shape index (κ1) is 12.3. The first-order valence-electron chi connectivity index (χ1n) is 6.07. The molecule has 90 valence electrons.